The zero-order chi connectivity index (χ0) is 28.2. The first-order valence-corrected chi connectivity index (χ1v) is 14.1. The van der Waals surface area contributed by atoms with Gasteiger partial charge in [-0.2, -0.15) is 8.62 Å². The maximum atomic E-state index is 12.2. The highest BCUT2D eigenvalue weighted by molar-refractivity contribution is 7.71. The quantitative estimate of drug-likeness (QED) is 0.0936. The molecule has 6 atom stereocenters. The Bertz CT molecular complexity index is 1490. The fourth-order valence-electron chi connectivity index (χ4n) is 2.79. The summed E-state index contributed by atoms with van der Waals surface area (Å²) in [6.45, 7) is -3.57. The van der Waals surface area contributed by atoms with Gasteiger partial charge >= 0.3 is 23.5 Å². The smallest absolute Gasteiger partial charge is 0.387 e. The molecule has 3 heterocycles. The summed E-state index contributed by atoms with van der Waals surface area (Å²) in [5.74, 6) is 2.06. The molecule has 194 valence electrons. The number of aliphatic hydroxyl groups excluding tert-OH is 1. The average Bonchev–Trinajstić information content (AvgIpc) is 3.18. The molecule has 1 aliphatic heterocycles. The number of halogens is 2. The topological polar surface area (TPSA) is 262 Å². The highest BCUT2D eigenvalue weighted by Gasteiger charge is 2.57. The Hall–Kier alpha value is -0.960. The minimum Gasteiger partial charge on any atom is -0.387 e. The monoisotopic (exact) mass is 617 g/mol. The maximum absolute atomic E-state index is 12.2. The Kier molecular flexibility index (Phi) is 7.39. The number of aromatic amines is 1. The third kappa shape index (κ3) is 6.49. The van der Waals surface area contributed by atoms with Crippen LogP contribution in [0.3, 0.4) is 0 Å². The lowest BCUT2D eigenvalue weighted by Gasteiger charge is -2.25. The number of phosphoric ester groups is 1. The number of nitrogen functional groups attached to an aromatic ring is 1. The van der Waals surface area contributed by atoms with E-state index in [1.165, 1.54) is 0 Å². The predicted octanol–water partition coefficient (Wildman–Crippen LogP) is 0.850. The molecule has 23 heteroatoms. The summed E-state index contributed by atoms with van der Waals surface area (Å²) in [6.07, 6.45) is -5.08. The van der Waals surface area contributed by atoms with Gasteiger partial charge in [0.05, 0.1) is 15.6 Å². The van der Waals surface area contributed by atoms with E-state index in [0.717, 1.165) is 10.9 Å². The fraction of sp³-hybridized carbons (Fsp3) is 0.417. The molecule has 0 aromatic carbocycles. The number of aliphatic hydroxyl groups is 1. The molecule has 0 radical (unpaired) electrons. The lowest BCUT2D eigenvalue weighted by atomic mass is 9.99. The van der Waals surface area contributed by atoms with E-state index in [2.05, 4.69) is 34.0 Å². The lowest BCUT2D eigenvalue weighted by molar-refractivity contribution is -0.0428. The van der Waals surface area contributed by atoms with Crippen LogP contribution in [0.4, 0.5) is 5.95 Å². The number of ether oxygens (including phenoxy) is 1. The number of phosphoric acid groups is 3. The second-order valence-corrected chi connectivity index (χ2v) is 12.0. The second-order valence-electron chi connectivity index (χ2n) is 6.42. The van der Waals surface area contributed by atoms with Crippen molar-refractivity contribution in [1.29, 1.82) is 0 Å². The molecule has 0 saturated carbocycles. The van der Waals surface area contributed by atoms with Crippen molar-refractivity contribution in [3.05, 3.63) is 11.0 Å². The first-order valence-electron chi connectivity index (χ1n) is 9.43. The molecule has 17 nitrogen and oxygen atoms in total. The van der Waals surface area contributed by atoms with Gasteiger partial charge in [0.2, 0.25) is 0 Å². The molecule has 1 aliphatic rings. The van der Waals surface area contributed by atoms with Gasteiger partial charge in [0.25, 0.3) is 0 Å². The molecule has 0 bridgehead atoms. The van der Waals surface area contributed by atoms with Crippen molar-refractivity contribution >= 4 is 76.0 Å². The molecule has 1 fully saturated rings. The maximum Gasteiger partial charge on any atom is 0.490 e. The van der Waals surface area contributed by atoms with Crippen molar-refractivity contribution < 1.29 is 59.0 Å². The number of anilines is 1. The summed E-state index contributed by atoms with van der Waals surface area (Å²) in [7, 11) is -17.7. The number of hydrogen-bond acceptors (Lipinski definition) is 12. The van der Waals surface area contributed by atoms with Gasteiger partial charge in [-0.15, -0.1) is 0 Å². The van der Waals surface area contributed by atoms with Crippen molar-refractivity contribution in [2.45, 2.75) is 23.3 Å². The van der Waals surface area contributed by atoms with Gasteiger partial charge in [-0.1, -0.05) is 29.7 Å². The van der Waals surface area contributed by atoms with Crippen LogP contribution in [0.5, 0.6) is 0 Å². The summed E-state index contributed by atoms with van der Waals surface area (Å²) in [5, 5.41) is 12.7. The average molecular weight is 618 g/mol. The van der Waals surface area contributed by atoms with Gasteiger partial charge in [-0.05, 0) is 11.6 Å². The second kappa shape index (κ2) is 10.1. The third-order valence-corrected chi connectivity index (χ3v) is 8.56. The number of nitrogens with one attached hydrogen (secondary N) is 1. The summed E-state index contributed by atoms with van der Waals surface area (Å²) >= 11 is 17.0. The van der Waals surface area contributed by atoms with Crippen LogP contribution >= 0.6 is 58.9 Å². The molecule has 0 aliphatic carbocycles. The van der Waals surface area contributed by atoms with Gasteiger partial charge in [-0.25, -0.2) is 23.7 Å². The predicted molar refractivity (Wildman–Crippen MR) is 119 cm³/mol. The Balaban J connectivity index is 1.99. The molecule has 3 rings (SSSR count). The first kappa shape index (κ1) is 25.7. The number of hydrogen-bond donors (Lipinski definition) is 7. The molecule has 0 spiro atoms. The molecule has 0 amide bonds. The van der Waals surface area contributed by atoms with Crippen LogP contribution in [0.15, 0.2) is 6.33 Å². The normalized spacial score (nSPS) is 29.5. The largest absolute Gasteiger partial charge is 0.490 e. The summed E-state index contributed by atoms with van der Waals surface area (Å²) in [4.78, 5) is 44.4. The van der Waals surface area contributed by atoms with E-state index in [0.29, 0.717) is 0 Å². The minimum absolute atomic E-state index is 0.0326. The van der Waals surface area contributed by atoms with Gasteiger partial charge in [0.15, 0.2) is 21.7 Å². The standard InChI is InChI=1S/C12H14Cl2N5O12P3S/c13-2-1-12(14)7(20)5(3-28-33(24,25)31-34(26,27)30-32(21,22)23)29-10(12)19-4-16-6-8(19)17-11(15)18-9(6)35/h4-5,7,10,20H,3H2,(H,24,25)(H,26,27)(H2,21,22,23)(H3,15,17,18,35)/t5-,7+,10-,12?/m1/s1/i3D2. The molecular formula is C12H14Cl2N5O12P3S. The first-order chi connectivity index (χ1) is 16.7. The Labute approximate surface area is 212 Å². The van der Waals surface area contributed by atoms with Gasteiger partial charge in [0, 0.05) is 5.38 Å². The number of imidazole rings is 1. The van der Waals surface area contributed by atoms with Crippen LogP contribution in [0, 0.1) is 15.9 Å². The molecule has 2 aromatic rings. The summed E-state index contributed by atoms with van der Waals surface area (Å²) in [5.41, 5.74) is 5.77. The number of H-pyrrole nitrogens is 1. The fourth-order valence-corrected chi connectivity index (χ4v) is 6.44. The van der Waals surface area contributed by atoms with E-state index < -0.39 is 53.3 Å². The van der Waals surface area contributed by atoms with Crippen molar-refractivity contribution in [3.63, 3.8) is 0 Å². The van der Waals surface area contributed by atoms with Gasteiger partial charge < -0.3 is 40.1 Å². The van der Waals surface area contributed by atoms with Crippen molar-refractivity contribution in [1.82, 2.24) is 19.5 Å². The number of nitrogens with zero attached hydrogens (tertiary/aromatic N) is 3. The summed E-state index contributed by atoms with van der Waals surface area (Å²) < 4.78 is 68.4. The van der Waals surface area contributed by atoms with E-state index in [4.69, 9.17) is 58.4 Å². The molecule has 35 heavy (non-hydrogen) atoms. The highest BCUT2D eigenvalue weighted by Crippen LogP contribution is 2.66. The van der Waals surface area contributed by atoms with Crippen LogP contribution < -0.4 is 5.73 Å². The zero-order valence-corrected chi connectivity index (χ0v) is 21.3. The number of alkyl halides is 1. The SMILES string of the molecule is [2H]C([2H])(OP(=O)(O)OP(=O)(O)OP(=O)(O)O)[C@H]1O[C@@H](n2cnc3c(=S)nc(N)[nH]c32)C(Cl)(C#CCl)[C@H]1O. The van der Waals surface area contributed by atoms with Crippen LogP contribution in [0.25, 0.3) is 11.2 Å². The van der Waals surface area contributed by atoms with Crippen molar-refractivity contribution in [3.8, 4) is 11.3 Å². The van der Waals surface area contributed by atoms with Crippen LogP contribution in [0.1, 0.15) is 8.97 Å². The molecule has 3 unspecified atom stereocenters. The van der Waals surface area contributed by atoms with E-state index in [1.54, 1.807) is 0 Å². The van der Waals surface area contributed by atoms with Crippen molar-refractivity contribution in [2.75, 3.05) is 12.3 Å². The molecule has 2 aromatic heterocycles. The Morgan fingerprint density at radius 1 is 1.34 bits per heavy atom. The van der Waals surface area contributed by atoms with E-state index in [-0.39, 0.29) is 21.8 Å². The van der Waals surface area contributed by atoms with E-state index in [9.17, 15) is 28.6 Å². The lowest BCUT2D eigenvalue weighted by Crippen LogP contribution is -2.41. The van der Waals surface area contributed by atoms with Gasteiger partial charge in [-0.3, -0.25) is 9.09 Å². The summed E-state index contributed by atoms with van der Waals surface area (Å²) in [6, 6.07) is 0. The zero-order valence-electron chi connectivity index (χ0n) is 18.3. The van der Waals surface area contributed by atoms with Crippen LogP contribution in [-0.4, -0.2) is 67.8 Å². The number of aromatic nitrogens is 4. The van der Waals surface area contributed by atoms with Crippen LogP contribution in [0.2, 0.25) is 0 Å². The molecule has 1 saturated heterocycles. The molecular weight excluding hydrogens is 602 g/mol. The van der Waals surface area contributed by atoms with Crippen LogP contribution in [-0.2, 0) is 31.6 Å². The Morgan fingerprint density at radius 3 is 2.60 bits per heavy atom. The molecule has 8 N–H and O–H groups in total. The number of fused-ring (bicyclic) bond motifs is 1. The van der Waals surface area contributed by atoms with E-state index in [1.807, 2.05) is 5.38 Å². The minimum atomic E-state index is -6.01. The van der Waals surface area contributed by atoms with E-state index >= 15 is 0 Å². The number of nitrogens with two attached hydrogens (primary N) is 1. The number of rotatable bonds is 8. The van der Waals surface area contributed by atoms with Crippen molar-refractivity contribution in [2.24, 2.45) is 0 Å². The Morgan fingerprint density at radius 2 is 2.00 bits per heavy atom. The van der Waals surface area contributed by atoms with Gasteiger partial charge in [0.1, 0.15) is 23.4 Å². The third-order valence-electron chi connectivity index (χ3n) is 4.01. The highest BCUT2D eigenvalue weighted by atomic mass is 35.5.